The zero-order valence-electron chi connectivity index (χ0n) is 11.2. The third kappa shape index (κ3) is 4.01. The second kappa shape index (κ2) is 6.63. The van der Waals surface area contributed by atoms with Crippen LogP contribution < -0.4 is 5.32 Å². The van der Waals surface area contributed by atoms with Crippen LogP contribution in [0.2, 0.25) is 0 Å². The molecule has 0 spiro atoms. The van der Waals surface area contributed by atoms with E-state index in [-0.39, 0.29) is 10.6 Å². The first kappa shape index (κ1) is 14.0. The highest BCUT2D eigenvalue weighted by molar-refractivity contribution is 5.42. The smallest absolute Gasteiger partial charge is 0.272 e. The zero-order chi connectivity index (χ0) is 13.7. The number of nitrogens with one attached hydrogen (secondary N) is 1. The molecule has 5 nitrogen and oxygen atoms in total. The van der Waals surface area contributed by atoms with Gasteiger partial charge in [0.25, 0.3) is 5.69 Å². The van der Waals surface area contributed by atoms with Crippen molar-refractivity contribution in [3.8, 4) is 0 Å². The minimum Gasteiger partial charge on any atom is -0.381 e. The van der Waals surface area contributed by atoms with Gasteiger partial charge in [0.2, 0.25) is 0 Å². The Morgan fingerprint density at radius 2 is 2.37 bits per heavy atom. The van der Waals surface area contributed by atoms with E-state index in [9.17, 15) is 10.1 Å². The molecule has 1 fully saturated rings. The third-order valence-corrected chi connectivity index (χ3v) is 3.55. The Balaban J connectivity index is 1.79. The van der Waals surface area contributed by atoms with Gasteiger partial charge in [-0.1, -0.05) is 12.1 Å². The average molecular weight is 264 g/mol. The first-order chi connectivity index (χ1) is 9.16. The van der Waals surface area contributed by atoms with Crippen LogP contribution in [0.4, 0.5) is 5.69 Å². The summed E-state index contributed by atoms with van der Waals surface area (Å²) in [6.45, 7) is 5.12. The minimum absolute atomic E-state index is 0.198. The van der Waals surface area contributed by atoms with Gasteiger partial charge in [-0.3, -0.25) is 10.1 Å². The van der Waals surface area contributed by atoms with Crippen molar-refractivity contribution in [2.45, 2.75) is 26.3 Å². The normalized spacial score (nSPS) is 18.7. The van der Waals surface area contributed by atoms with Gasteiger partial charge in [-0.05, 0) is 37.8 Å². The minimum atomic E-state index is -0.325. The average Bonchev–Trinajstić information content (AvgIpc) is 2.89. The molecule has 0 amide bonds. The number of benzene rings is 1. The second-order valence-electron chi connectivity index (χ2n) is 5.07. The Bertz CT molecular complexity index is 442. The molecule has 0 aromatic heterocycles. The molecule has 1 aromatic rings. The summed E-state index contributed by atoms with van der Waals surface area (Å²) < 4.78 is 5.32. The number of aryl methyl sites for hydroxylation is 1. The predicted octanol–water partition coefficient (Wildman–Crippen LogP) is 2.42. The summed E-state index contributed by atoms with van der Waals surface area (Å²) in [5.41, 5.74) is 1.86. The van der Waals surface area contributed by atoms with E-state index in [1.807, 2.05) is 6.07 Å². The molecule has 1 unspecified atom stereocenters. The van der Waals surface area contributed by atoms with E-state index in [2.05, 4.69) is 5.32 Å². The molecule has 19 heavy (non-hydrogen) atoms. The molecular formula is C14H20N2O3. The van der Waals surface area contributed by atoms with Gasteiger partial charge in [0.15, 0.2) is 0 Å². The largest absolute Gasteiger partial charge is 0.381 e. The van der Waals surface area contributed by atoms with Gasteiger partial charge in [-0.15, -0.1) is 0 Å². The number of hydrogen-bond donors (Lipinski definition) is 1. The Morgan fingerprint density at radius 1 is 1.53 bits per heavy atom. The van der Waals surface area contributed by atoms with Crippen LogP contribution >= 0.6 is 0 Å². The number of hydrogen-bond acceptors (Lipinski definition) is 4. The molecule has 1 aromatic carbocycles. The second-order valence-corrected chi connectivity index (χ2v) is 5.07. The van der Waals surface area contributed by atoms with Gasteiger partial charge in [-0.25, -0.2) is 0 Å². The summed E-state index contributed by atoms with van der Waals surface area (Å²) in [5, 5.41) is 14.2. The molecular weight excluding hydrogens is 244 g/mol. The van der Waals surface area contributed by atoms with Crippen LogP contribution in [0.15, 0.2) is 18.2 Å². The summed E-state index contributed by atoms with van der Waals surface area (Å²) in [6, 6.07) is 5.40. The van der Waals surface area contributed by atoms with Gasteiger partial charge in [0.1, 0.15) is 0 Å². The van der Waals surface area contributed by atoms with Crippen molar-refractivity contribution < 1.29 is 9.66 Å². The first-order valence-corrected chi connectivity index (χ1v) is 6.69. The number of nitro benzene ring substituents is 1. The Hall–Kier alpha value is -1.46. The van der Waals surface area contributed by atoms with Crippen molar-refractivity contribution in [2.75, 3.05) is 19.8 Å². The summed E-state index contributed by atoms with van der Waals surface area (Å²) in [5.74, 6) is 0.667. The zero-order valence-corrected chi connectivity index (χ0v) is 11.2. The lowest BCUT2D eigenvalue weighted by atomic mass is 10.1. The number of nitrogens with zero attached hydrogens (tertiary/aromatic N) is 1. The maximum Gasteiger partial charge on any atom is 0.272 e. The van der Waals surface area contributed by atoms with Crippen molar-refractivity contribution in [3.05, 3.63) is 39.4 Å². The number of rotatable bonds is 6. The van der Waals surface area contributed by atoms with Crippen LogP contribution in [0.5, 0.6) is 0 Å². The fraction of sp³-hybridized carbons (Fsp3) is 0.571. The van der Waals surface area contributed by atoms with E-state index in [1.54, 1.807) is 19.1 Å². The van der Waals surface area contributed by atoms with E-state index < -0.39 is 0 Å². The van der Waals surface area contributed by atoms with E-state index in [0.717, 1.165) is 38.2 Å². The first-order valence-electron chi connectivity index (χ1n) is 6.69. The van der Waals surface area contributed by atoms with E-state index >= 15 is 0 Å². The van der Waals surface area contributed by atoms with Crippen LogP contribution in [0.1, 0.15) is 24.0 Å². The van der Waals surface area contributed by atoms with Gasteiger partial charge < -0.3 is 10.1 Å². The highest BCUT2D eigenvalue weighted by Gasteiger charge is 2.15. The maximum atomic E-state index is 10.8. The summed E-state index contributed by atoms with van der Waals surface area (Å²) in [6.07, 6.45) is 2.26. The highest BCUT2D eigenvalue weighted by Crippen LogP contribution is 2.19. The summed E-state index contributed by atoms with van der Waals surface area (Å²) >= 11 is 0. The van der Waals surface area contributed by atoms with Crippen molar-refractivity contribution in [3.63, 3.8) is 0 Å². The van der Waals surface area contributed by atoms with Crippen LogP contribution in [-0.2, 0) is 11.3 Å². The van der Waals surface area contributed by atoms with Crippen LogP contribution in [-0.4, -0.2) is 24.7 Å². The van der Waals surface area contributed by atoms with Crippen molar-refractivity contribution in [2.24, 2.45) is 5.92 Å². The highest BCUT2D eigenvalue weighted by atomic mass is 16.6. The van der Waals surface area contributed by atoms with Gasteiger partial charge in [-0.2, -0.15) is 0 Å². The Labute approximate surface area is 113 Å². The number of ether oxygens (including phenoxy) is 1. The van der Waals surface area contributed by atoms with Crippen LogP contribution in [0, 0.1) is 23.0 Å². The van der Waals surface area contributed by atoms with Crippen LogP contribution in [0.3, 0.4) is 0 Å². The van der Waals surface area contributed by atoms with Crippen molar-refractivity contribution in [1.29, 1.82) is 0 Å². The standard InChI is InChI=1S/C14H20N2O3/c1-11-2-3-13(8-14(11)16(17)18)9-15-6-4-12-5-7-19-10-12/h2-3,8,12,15H,4-7,9-10H2,1H3. The van der Waals surface area contributed by atoms with Gasteiger partial charge in [0.05, 0.1) is 4.92 Å². The maximum absolute atomic E-state index is 10.8. The molecule has 0 bridgehead atoms. The molecule has 1 atom stereocenters. The molecule has 0 aliphatic carbocycles. The molecule has 5 heteroatoms. The molecule has 104 valence electrons. The third-order valence-electron chi connectivity index (χ3n) is 3.55. The number of nitro groups is 1. The fourth-order valence-electron chi connectivity index (χ4n) is 2.31. The lowest BCUT2D eigenvalue weighted by Gasteiger charge is -2.09. The lowest BCUT2D eigenvalue weighted by molar-refractivity contribution is -0.385. The molecule has 0 saturated carbocycles. The van der Waals surface area contributed by atoms with E-state index in [0.29, 0.717) is 18.0 Å². The predicted molar refractivity (Wildman–Crippen MR) is 73.1 cm³/mol. The quantitative estimate of drug-likeness (QED) is 0.487. The lowest BCUT2D eigenvalue weighted by Crippen LogP contribution is -2.18. The van der Waals surface area contributed by atoms with Crippen LogP contribution in [0.25, 0.3) is 0 Å². The summed E-state index contributed by atoms with van der Waals surface area (Å²) in [4.78, 5) is 10.5. The topological polar surface area (TPSA) is 64.4 Å². The molecule has 1 heterocycles. The molecule has 1 aliphatic rings. The molecule has 2 rings (SSSR count). The van der Waals surface area contributed by atoms with Crippen molar-refractivity contribution in [1.82, 2.24) is 5.32 Å². The Kier molecular flexibility index (Phi) is 4.87. The van der Waals surface area contributed by atoms with E-state index in [4.69, 9.17) is 4.74 Å². The monoisotopic (exact) mass is 264 g/mol. The molecule has 1 N–H and O–H groups in total. The van der Waals surface area contributed by atoms with Crippen molar-refractivity contribution >= 4 is 5.69 Å². The molecule has 0 radical (unpaired) electrons. The molecule has 1 aliphatic heterocycles. The van der Waals surface area contributed by atoms with Gasteiger partial charge >= 0.3 is 0 Å². The Morgan fingerprint density at radius 3 is 3.05 bits per heavy atom. The SMILES string of the molecule is Cc1ccc(CNCCC2CCOC2)cc1[N+](=O)[O-]. The van der Waals surface area contributed by atoms with Gasteiger partial charge in [0, 0.05) is 31.4 Å². The van der Waals surface area contributed by atoms with E-state index in [1.165, 1.54) is 0 Å². The fourth-order valence-corrected chi connectivity index (χ4v) is 2.31. The molecule has 1 saturated heterocycles. The summed E-state index contributed by atoms with van der Waals surface area (Å²) in [7, 11) is 0.